The lowest BCUT2D eigenvalue weighted by molar-refractivity contribution is 0.0697. The smallest absolute Gasteiger partial charge is 0.270 e. The zero-order chi connectivity index (χ0) is 14.8. The quantitative estimate of drug-likeness (QED) is 0.922. The summed E-state index contributed by atoms with van der Waals surface area (Å²) in [5.41, 5.74) is 0.888. The van der Waals surface area contributed by atoms with Gasteiger partial charge in [-0.05, 0) is 43.7 Å². The first-order valence-electron chi connectivity index (χ1n) is 7.69. The van der Waals surface area contributed by atoms with Crippen molar-refractivity contribution in [3.63, 3.8) is 0 Å². The minimum Gasteiger partial charge on any atom is -0.348 e. The number of hydrogen-bond donors (Lipinski definition) is 1. The van der Waals surface area contributed by atoms with E-state index >= 15 is 0 Å². The van der Waals surface area contributed by atoms with Crippen LogP contribution in [0.3, 0.4) is 0 Å². The first-order chi connectivity index (χ1) is 10.1. The van der Waals surface area contributed by atoms with E-state index in [9.17, 15) is 9.59 Å². The number of nitrogens with one attached hydrogen (secondary N) is 1. The molecule has 0 aromatic carbocycles. The van der Waals surface area contributed by atoms with Gasteiger partial charge in [0.1, 0.15) is 5.69 Å². The molecule has 1 saturated carbocycles. The Labute approximate surface area is 124 Å². The first-order valence-corrected chi connectivity index (χ1v) is 7.69. The van der Waals surface area contributed by atoms with Gasteiger partial charge in [-0.25, -0.2) is 0 Å². The molecule has 3 rings (SSSR count). The summed E-state index contributed by atoms with van der Waals surface area (Å²) in [5.74, 6) is 0.510. The summed E-state index contributed by atoms with van der Waals surface area (Å²) < 4.78 is 0. The fourth-order valence-corrected chi connectivity index (χ4v) is 2.57. The van der Waals surface area contributed by atoms with Gasteiger partial charge < -0.3 is 10.2 Å². The van der Waals surface area contributed by atoms with Gasteiger partial charge in [0, 0.05) is 30.9 Å². The van der Waals surface area contributed by atoms with Gasteiger partial charge in [-0.2, -0.15) is 0 Å². The number of pyridine rings is 1. The van der Waals surface area contributed by atoms with Crippen LogP contribution in [0.25, 0.3) is 0 Å². The molecule has 5 heteroatoms. The van der Waals surface area contributed by atoms with Crippen LogP contribution < -0.4 is 5.32 Å². The Kier molecular flexibility index (Phi) is 3.90. The first kappa shape index (κ1) is 14.0. The summed E-state index contributed by atoms with van der Waals surface area (Å²) in [6, 6.07) is 3.59. The molecule has 2 amide bonds. The molecule has 112 valence electrons. The third-order valence-electron chi connectivity index (χ3n) is 4.22. The predicted octanol–water partition coefficient (Wildman–Crippen LogP) is 1.85. The van der Waals surface area contributed by atoms with E-state index in [0.29, 0.717) is 23.2 Å². The van der Waals surface area contributed by atoms with E-state index in [1.165, 1.54) is 0 Å². The number of nitrogens with zero attached hydrogens (tertiary/aromatic N) is 2. The number of hydrogen-bond acceptors (Lipinski definition) is 3. The summed E-state index contributed by atoms with van der Waals surface area (Å²) in [6.45, 7) is 3.81. The average molecular weight is 287 g/mol. The molecule has 5 nitrogen and oxygen atoms in total. The Bertz CT molecular complexity index is 546. The van der Waals surface area contributed by atoms with Crippen molar-refractivity contribution in [2.45, 2.75) is 38.6 Å². The Morgan fingerprint density at radius 3 is 2.62 bits per heavy atom. The Hall–Kier alpha value is -1.91. The second kappa shape index (κ2) is 5.84. The van der Waals surface area contributed by atoms with E-state index in [-0.39, 0.29) is 11.8 Å². The lowest BCUT2D eigenvalue weighted by Crippen LogP contribution is -2.38. The van der Waals surface area contributed by atoms with Gasteiger partial charge in [0.05, 0.1) is 0 Å². The second-order valence-corrected chi connectivity index (χ2v) is 6.15. The third kappa shape index (κ3) is 3.40. The predicted molar refractivity (Wildman–Crippen MR) is 79.0 cm³/mol. The number of aromatic nitrogens is 1. The highest BCUT2D eigenvalue weighted by molar-refractivity contribution is 5.98. The van der Waals surface area contributed by atoms with Crippen molar-refractivity contribution in [3.8, 4) is 0 Å². The number of carbonyl (C=O) groups excluding carboxylic acids is 2. The Morgan fingerprint density at radius 2 is 1.95 bits per heavy atom. The lowest BCUT2D eigenvalue weighted by Gasteiger charge is -2.30. The molecule has 1 saturated heterocycles. The van der Waals surface area contributed by atoms with Gasteiger partial charge in [-0.15, -0.1) is 0 Å². The summed E-state index contributed by atoms with van der Waals surface area (Å²) in [4.78, 5) is 30.4. The van der Waals surface area contributed by atoms with E-state index < -0.39 is 0 Å². The van der Waals surface area contributed by atoms with E-state index in [1.54, 1.807) is 18.3 Å². The second-order valence-electron chi connectivity index (χ2n) is 6.15. The van der Waals surface area contributed by atoms with E-state index in [1.807, 2.05) is 4.90 Å². The fourth-order valence-electron chi connectivity index (χ4n) is 2.57. The van der Waals surface area contributed by atoms with Crippen LogP contribution in [0.4, 0.5) is 0 Å². The summed E-state index contributed by atoms with van der Waals surface area (Å²) in [7, 11) is 0. The van der Waals surface area contributed by atoms with E-state index in [2.05, 4.69) is 17.2 Å². The number of likely N-dealkylation sites (tertiary alicyclic amines) is 1. The van der Waals surface area contributed by atoms with Crippen LogP contribution in [0.1, 0.15) is 53.5 Å². The van der Waals surface area contributed by atoms with Crippen LogP contribution in [0.2, 0.25) is 0 Å². The molecular weight excluding hydrogens is 266 g/mol. The van der Waals surface area contributed by atoms with Crippen molar-refractivity contribution in [2.24, 2.45) is 5.92 Å². The molecule has 1 aromatic rings. The number of piperidine rings is 1. The van der Waals surface area contributed by atoms with Crippen molar-refractivity contribution in [1.82, 2.24) is 15.2 Å². The zero-order valence-corrected chi connectivity index (χ0v) is 12.3. The minimum absolute atomic E-state index is 0.00442. The molecule has 0 spiro atoms. The van der Waals surface area contributed by atoms with Crippen LogP contribution in [0.15, 0.2) is 18.3 Å². The van der Waals surface area contributed by atoms with Crippen molar-refractivity contribution in [2.75, 3.05) is 13.1 Å². The molecule has 1 aromatic heterocycles. The lowest BCUT2D eigenvalue weighted by atomic mass is 9.98. The standard InChI is InChI=1S/C16H21N3O2/c1-11-5-8-19(9-6-11)16(21)12-4-7-17-14(10-12)15(20)18-13-2-3-13/h4,7,10-11,13H,2-3,5-6,8-9H2,1H3,(H,18,20). The highest BCUT2D eigenvalue weighted by Gasteiger charge is 2.25. The van der Waals surface area contributed by atoms with Crippen molar-refractivity contribution < 1.29 is 9.59 Å². The molecule has 21 heavy (non-hydrogen) atoms. The molecule has 1 N–H and O–H groups in total. The van der Waals surface area contributed by atoms with E-state index in [4.69, 9.17) is 0 Å². The Balaban J connectivity index is 1.69. The van der Waals surface area contributed by atoms with Crippen LogP contribution in [-0.4, -0.2) is 40.8 Å². The van der Waals surface area contributed by atoms with Crippen LogP contribution in [0, 0.1) is 5.92 Å². The third-order valence-corrected chi connectivity index (χ3v) is 4.22. The maximum Gasteiger partial charge on any atom is 0.270 e. The minimum atomic E-state index is -0.181. The summed E-state index contributed by atoms with van der Waals surface area (Å²) >= 11 is 0. The summed E-state index contributed by atoms with van der Waals surface area (Å²) in [5, 5.41) is 2.90. The van der Waals surface area contributed by atoms with Crippen molar-refractivity contribution in [3.05, 3.63) is 29.6 Å². The zero-order valence-electron chi connectivity index (χ0n) is 12.3. The largest absolute Gasteiger partial charge is 0.348 e. The fraction of sp³-hybridized carbons (Fsp3) is 0.562. The normalized spacial score (nSPS) is 19.4. The van der Waals surface area contributed by atoms with Gasteiger partial charge in [0.2, 0.25) is 0 Å². The number of amides is 2. The van der Waals surface area contributed by atoms with Crippen LogP contribution in [-0.2, 0) is 0 Å². The topological polar surface area (TPSA) is 62.3 Å². The number of carbonyl (C=O) groups is 2. The van der Waals surface area contributed by atoms with Gasteiger partial charge in [0.25, 0.3) is 11.8 Å². The molecule has 1 aliphatic carbocycles. The average Bonchev–Trinajstić information content (AvgIpc) is 3.31. The van der Waals surface area contributed by atoms with Gasteiger partial charge in [-0.1, -0.05) is 6.92 Å². The summed E-state index contributed by atoms with van der Waals surface area (Å²) in [6.07, 6.45) is 5.71. The monoisotopic (exact) mass is 287 g/mol. The molecular formula is C16H21N3O2. The maximum atomic E-state index is 12.5. The van der Waals surface area contributed by atoms with Crippen LogP contribution in [0.5, 0.6) is 0 Å². The van der Waals surface area contributed by atoms with Gasteiger partial charge in [0.15, 0.2) is 0 Å². The Morgan fingerprint density at radius 1 is 1.24 bits per heavy atom. The van der Waals surface area contributed by atoms with Crippen LogP contribution >= 0.6 is 0 Å². The molecule has 1 aliphatic heterocycles. The van der Waals surface area contributed by atoms with Gasteiger partial charge in [-0.3, -0.25) is 14.6 Å². The highest BCUT2D eigenvalue weighted by atomic mass is 16.2. The molecule has 0 unspecified atom stereocenters. The molecule has 0 bridgehead atoms. The SMILES string of the molecule is CC1CCN(C(=O)c2ccnc(C(=O)NC3CC3)c2)CC1. The molecule has 2 heterocycles. The van der Waals surface area contributed by atoms with Gasteiger partial charge >= 0.3 is 0 Å². The molecule has 0 radical (unpaired) electrons. The molecule has 2 fully saturated rings. The van der Waals surface area contributed by atoms with Crippen molar-refractivity contribution in [1.29, 1.82) is 0 Å². The highest BCUT2D eigenvalue weighted by Crippen LogP contribution is 2.20. The molecule has 0 atom stereocenters. The molecule has 2 aliphatic rings. The number of rotatable bonds is 3. The maximum absolute atomic E-state index is 12.5. The van der Waals surface area contributed by atoms with E-state index in [0.717, 1.165) is 38.8 Å². The van der Waals surface area contributed by atoms with Crippen molar-refractivity contribution >= 4 is 11.8 Å².